The van der Waals surface area contributed by atoms with Crippen molar-refractivity contribution in [3.63, 3.8) is 0 Å². The third-order valence-corrected chi connectivity index (χ3v) is 3.55. The molecule has 0 aliphatic carbocycles. The first-order chi connectivity index (χ1) is 9.99. The van der Waals surface area contributed by atoms with E-state index >= 15 is 0 Å². The summed E-state index contributed by atoms with van der Waals surface area (Å²) >= 11 is 0. The Morgan fingerprint density at radius 3 is 2.52 bits per heavy atom. The summed E-state index contributed by atoms with van der Waals surface area (Å²) in [6, 6.07) is 8.86. The number of esters is 1. The van der Waals surface area contributed by atoms with E-state index in [1.54, 1.807) is 18.3 Å². The molecule has 1 heterocycles. The minimum absolute atomic E-state index is 0.117. The molecule has 0 saturated carbocycles. The van der Waals surface area contributed by atoms with Crippen LogP contribution in [0.15, 0.2) is 41.3 Å². The van der Waals surface area contributed by atoms with Gasteiger partial charge < -0.3 is 9.30 Å². The lowest BCUT2D eigenvalue weighted by Crippen LogP contribution is -2.21. The minimum Gasteiger partial charge on any atom is -0.426 e. The fraction of sp³-hybridized carbons (Fsp3) is 0.294. The van der Waals surface area contributed by atoms with Gasteiger partial charge in [-0.1, -0.05) is 18.2 Å². The van der Waals surface area contributed by atoms with Crippen LogP contribution in [0, 0.1) is 20.8 Å². The molecule has 0 aliphatic heterocycles. The van der Waals surface area contributed by atoms with Crippen LogP contribution >= 0.6 is 0 Å². The van der Waals surface area contributed by atoms with Gasteiger partial charge in [-0.25, -0.2) is 0 Å². The van der Waals surface area contributed by atoms with Gasteiger partial charge in [0.2, 0.25) is 0 Å². The molecule has 0 fully saturated rings. The van der Waals surface area contributed by atoms with E-state index in [1.807, 2.05) is 32.9 Å². The molecule has 0 spiro atoms. The summed E-state index contributed by atoms with van der Waals surface area (Å²) in [6.07, 6.45) is 1.83. The fourth-order valence-electron chi connectivity index (χ4n) is 2.10. The molecule has 21 heavy (non-hydrogen) atoms. The Labute approximate surface area is 124 Å². The molecule has 1 aromatic carbocycles. The Morgan fingerprint density at radius 1 is 1.10 bits per heavy atom. The van der Waals surface area contributed by atoms with Gasteiger partial charge in [0.05, 0.1) is 6.42 Å². The second-order valence-corrected chi connectivity index (χ2v) is 5.11. The molecular formula is C17H19NO3. The first-order valence-electron chi connectivity index (χ1n) is 6.92. The van der Waals surface area contributed by atoms with Crippen LogP contribution in [0.5, 0.6) is 5.75 Å². The highest BCUT2D eigenvalue weighted by Crippen LogP contribution is 2.26. The van der Waals surface area contributed by atoms with Gasteiger partial charge >= 0.3 is 5.97 Å². The van der Waals surface area contributed by atoms with Crippen molar-refractivity contribution in [2.75, 3.05) is 0 Å². The molecule has 110 valence electrons. The molecule has 4 nitrogen and oxygen atoms in total. The van der Waals surface area contributed by atoms with Crippen molar-refractivity contribution in [1.29, 1.82) is 0 Å². The Morgan fingerprint density at radius 2 is 1.81 bits per heavy atom. The van der Waals surface area contributed by atoms with E-state index in [2.05, 4.69) is 0 Å². The summed E-state index contributed by atoms with van der Waals surface area (Å²) in [6.45, 7) is 6.15. The molecule has 0 atom stereocenters. The zero-order valence-electron chi connectivity index (χ0n) is 12.6. The molecule has 0 unspecified atom stereocenters. The second kappa shape index (κ2) is 6.39. The van der Waals surface area contributed by atoms with Gasteiger partial charge in [-0.15, -0.1) is 0 Å². The van der Waals surface area contributed by atoms with Crippen LogP contribution in [0.3, 0.4) is 0 Å². The van der Waals surface area contributed by atoms with Crippen molar-refractivity contribution in [1.82, 2.24) is 4.57 Å². The van der Waals surface area contributed by atoms with E-state index in [4.69, 9.17) is 4.74 Å². The maximum Gasteiger partial charge on any atom is 0.313 e. The third-order valence-electron chi connectivity index (χ3n) is 3.55. The highest BCUT2D eigenvalue weighted by atomic mass is 16.5. The predicted molar refractivity (Wildman–Crippen MR) is 81.6 cm³/mol. The molecule has 0 aliphatic rings. The molecule has 0 saturated heterocycles. The van der Waals surface area contributed by atoms with Gasteiger partial charge in [-0.3, -0.25) is 9.59 Å². The Bertz CT molecular complexity index is 716. The molecule has 2 aromatic rings. The highest BCUT2D eigenvalue weighted by Gasteiger charge is 2.11. The number of benzene rings is 1. The Balaban J connectivity index is 2.05. The minimum atomic E-state index is -0.331. The quantitative estimate of drug-likeness (QED) is 0.641. The number of carbonyl (C=O) groups is 1. The topological polar surface area (TPSA) is 48.3 Å². The number of hydrogen-bond donors (Lipinski definition) is 0. The summed E-state index contributed by atoms with van der Waals surface area (Å²) in [5.74, 6) is 0.294. The van der Waals surface area contributed by atoms with Crippen LogP contribution in [0.25, 0.3) is 0 Å². The monoisotopic (exact) mass is 285 g/mol. The van der Waals surface area contributed by atoms with Crippen molar-refractivity contribution in [2.45, 2.75) is 33.7 Å². The lowest BCUT2D eigenvalue weighted by atomic mass is 10.1. The summed E-state index contributed by atoms with van der Waals surface area (Å²) < 4.78 is 6.96. The number of aryl methyl sites for hydroxylation is 3. The normalized spacial score (nSPS) is 10.4. The van der Waals surface area contributed by atoms with Crippen molar-refractivity contribution in [3.8, 4) is 5.75 Å². The molecule has 2 rings (SSSR count). The largest absolute Gasteiger partial charge is 0.426 e. The predicted octanol–water partition coefficient (Wildman–Crippen LogP) is 2.77. The van der Waals surface area contributed by atoms with E-state index in [0.29, 0.717) is 12.3 Å². The molecule has 0 amide bonds. The van der Waals surface area contributed by atoms with Gasteiger partial charge in [0, 0.05) is 18.8 Å². The van der Waals surface area contributed by atoms with Crippen LogP contribution in [0.2, 0.25) is 0 Å². The Kier molecular flexibility index (Phi) is 4.58. The van der Waals surface area contributed by atoms with Crippen LogP contribution in [-0.2, 0) is 11.3 Å². The van der Waals surface area contributed by atoms with Crippen LogP contribution < -0.4 is 10.3 Å². The van der Waals surface area contributed by atoms with Crippen molar-refractivity contribution in [3.05, 3.63) is 63.6 Å². The number of carbonyl (C=O) groups excluding carboxylic acids is 1. The van der Waals surface area contributed by atoms with E-state index in [0.717, 1.165) is 16.7 Å². The van der Waals surface area contributed by atoms with Crippen molar-refractivity contribution in [2.24, 2.45) is 0 Å². The number of hydrogen-bond acceptors (Lipinski definition) is 3. The first-order valence-corrected chi connectivity index (χ1v) is 6.92. The maximum atomic E-state index is 12.0. The number of aromatic nitrogens is 1. The number of nitrogens with zero attached hydrogens (tertiary/aromatic N) is 1. The van der Waals surface area contributed by atoms with Gasteiger partial charge in [0.25, 0.3) is 5.56 Å². The number of pyridine rings is 1. The number of ether oxygens (including phenoxy) is 1. The van der Waals surface area contributed by atoms with E-state index in [-0.39, 0.29) is 17.9 Å². The van der Waals surface area contributed by atoms with Gasteiger partial charge in [0.1, 0.15) is 5.75 Å². The molecule has 0 N–H and O–H groups in total. The standard InChI is InChI=1S/C17H19NO3/c1-12-7-8-13(2)17(14(12)3)21-16(20)9-11-18-10-5-4-6-15(18)19/h4-8,10H,9,11H2,1-3H3. The number of rotatable bonds is 4. The average Bonchev–Trinajstić information content (AvgIpc) is 2.47. The maximum absolute atomic E-state index is 12.0. The third kappa shape index (κ3) is 3.60. The first kappa shape index (κ1) is 15.0. The van der Waals surface area contributed by atoms with Gasteiger partial charge in [-0.2, -0.15) is 0 Å². The molecule has 4 heteroatoms. The Hall–Kier alpha value is -2.36. The fourth-order valence-corrected chi connectivity index (χ4v) is 2.10. The summed E-state index contributed by atoms with van der Waals surface area (Å²) in [5, 5.41) is 0. The van der Waals surface area contributed by atoms with E-state index < -0.39 is 0 Å². The lowest BCUT2D eigenvalue weighted by Gasteiger charge is -2.12. The van der Waals surface area contributed by atoms with Gasteiger partial charge in [0.15, 0.2) is 0 Å². The van der Waals surface area contributed by atoms with E-state index in [9.17, 15) is 9.59 Å². The smallest absolute Gasteiger partial charge is 0.313 e. The molecule has 1 aromatic heterocycles. The van der Waals surface area contributed by atoms with Crippen LogP contribution in [0.1, 0.15) is 23.1 Å². The lowest BCUT2D eigenvalue weighted by molar-refractivity contribution is -0.134. The summed E-state index contributed by atoms with van der Waals surface area (Å²) in [4.78, 5) is 23.5. The zero-order chi connectivity index (χ0) is 15.4. The highest BCUT2D eigenvalue weighted by molar-refractivity contribution is 5.73. The van der Waals surface area contributed by atoms with Crippen LogP contribution in [-0.4, -0.2) is 10.5 Å². The summed E-state index contributed by atoms with van der Waals surface area (Å²) in [7, 11) is 0. The van der Waals surface area contributed by atoms with Crippen LogP contribution in [0.4, 0.5) is 0 Å². The van der Waals surface area contributed by atoms with Crippen molar-refractivity contribution < 1.29 is 9.53 Å². The SMILES string of the molecule is Cc1ccc(C)c(OC(=O)CCn2ccccc2=O)c1C. The van der Waals surface area contributed by atoms with E-state index in [1.165, 1.54) is 10.6 Å². The summed E-state index contributed by atoms with van der Waals surface area (Å²) in [5.41, 5.74) is 2.87. The van der Waals surface area contributed by atoms with Crippen molar-refractivity contribution >= 4 is 5.97 Å². The van der Waals surface area contributed by atoms with Gasteiger partial charge in [-0.05, 0) is 43.5 Å². The molecule has 0 radical (unpaired) electrons. The average molecular weight is 285 g/mol. The second-order valence-electron chi connectivity index (χ2n) is 5.11. The molecular weight excluding hydrogens is 266 g/mol. The zero-order valence-corrected chi connectivity index (χ0v) is 12.6. The molecule has 0 bridgehead atoms.